The molecule has 0 saturated carbocycles. The molecule has 1 aromatic carbocycles. The van der Waals surface area contributed by atoms with Crippen LogP contribution in [0.2, 0.25) is 0 Å². The van der Waals surface area contributed by atoms with E-state index in [2.05, 4.69) is 5.32 Å². The Labute approximate surface area is 133 Å². The lowest BCUT2D eigenvalue weighted by atomic mass is 10.2. The largest absolute Gasteiger partial charge is 0.416 e. The van der Waals surface area contributed by atoms with Gasteiger partial charge in [0.2, 0.25) is 15.9 Å². The summed E-state index contributed by atoms with van der Waals surface area (Å²) in [6.07, 6.45) is -3.11. The maximum absolute atomic E-state index is 12.8. The molecule has 0 saturated heterocycles. The molecule has 0 bridgehead atoms. The fourth-order valence-electron chi connectivity index (χ4n) is 1.79. The second-order valence-electron chi connectivity index (χ2n) is 5.19. The predicted molar refractivity (Wildman–Crippen MR) is 81.5 cm³/mol. The third-order valence-electron chi connectivity index (χ3n) is 3.17. The number of hydrogen-bond acceptors (Lipinski definition) is 3. The van der Waals surface area contributed by atoms with Gasteiger partial charge in [-0.2, -0.15) is 13.2 Å². The number of hydrogen-bond donors (Lipinski definition) is 1. The molecule has 1 rings (SSSR count). The average molecular weight is 352 g/mol. The number of carbonyl (C=O) groups is 1. The van der Waals surface area contributed by atoms with Crippen molar-refractivity contribution in [2.24, 2.45) is 0 Å². The number of benzene rings is 1. The van der Waals surface area contributed by atoms with Gasteiger partial charge in [-0.25, -0.2) is 8.42 Å². The predicted octanol–water partition coefficient (Wildman–Crippen LogP) is 2.39. The van der Waals surface area contributed by atoms with Crippen molar-refractivity contribution in [1.82, 2.24) is 5.32 Å². The van der Waals surface area contributed by atoms with Gasteiger partial charge in [-0.15, -0.1) is 0 Å². The molecule has 1 atom stereocenters. The molecule has 5 nitrogen and oxygen atoms in total. The zero-order valence-corrected chi connectivity index (χ0v) is 13.8. The van der Waals surface area contributed by atoms with E-state index in [0.29, 0.717) is 16.8 Å². The Morgan fingerprint density at radius 2 is 1.96 bits per heavy atom. The Morgan fingerprint density at radius 1 is 1.35 bits per heavy atom. The number of sulfonamides is 1. The molecule has 1 unspecified atom stereocenters. The molecule has 0 aliphatic carbocycles. The monoisotopic (exact) mass is 352 g/mol. The van der Waals surface area contributed by atoms with Crippen molar-refractivity contribution in [3.8, 4) is 0 Å². The van der Waals surface area contributed by atoms with Gasteiger partial charge in [-0.3, -0.25) is 9.10 Å². The summed E-state index contributed by atoms with van der Waals surface area (Å²) in [6, 6.07) is 3.70. The van der Waals surface area contributed by atoms with Gasteiger partial charge in [0.1, 0.15) is 6.54 Å². The fourth-order valence-corrected chi connectivity index (χ4v) is 2.64. The molecule has 0 aliphatic rings. The normalized spacial score (nSPS) is 13.5. The van der Waals surface area contributed by atoms with Gasteiger partial charge in [0.05, 0.1) is 17.5 Å². The van der Waals surface area contributed by atoms with E-state index >= 15 is 0 Å². The lowest BCUT2D eigenvalue weighted by Crippen LogP contribution is -2.43. The lowest BCUT2D eigenvalue weighted by molar-refractivity contribution is -0.137. The van der Waals surface area contributed by atoms with Crippen molar-refractivity contribution >= 4 is 21.6 Å². The Bertz CT molecular complexity index is 659. The first-order valence-electron chi connectivity index (χ1n) is 6.89. The van der Waals surface area contributed by atoms with E-state index in [9.17, 15) is 26.4 Å². The molecule has 1 N–H and O–H groups in total. The van der Waals surface area contributed by atoms with E-state index in [-0.39, 0.29) is 11.7 Å². The summed E-state index contributed by atoms with van der Waals surface area (Å²) in [6.45, 7) is 3.00. The van der Waals surface area contributed by atoms with Crippen LogP contribution < -0.4 is 9.62 Å². The van der Waals surface area contributed by atoms with Crippen LogP contribution in [0.5, 0.6) is 0 Å². The number of nitrogens with zero attached hydrogens (tertiary/aromatic N) is 1. The molecule has 0 aliphatic heterocycles. The molecular formula is C14H19F3N2O3S. The second-order valence-corrected chi connectivity index (χ2v) is 7.10. The molecule has 23 heavy (non-hydrogen) atoms. The Hall–Kier alpha value is -1.77. The Balaban J connectivity index is 3.12. The van der Waals surface area contributed by atoms with Gasteiger partial charge in [0.25, 0.3) is 0 Å². The minimum atomic E-state index is -4.60. The summed E-state index contributed by atoms with van der Waals surface area (Å²) in [7, 11) is -3.91. The number of halogens is 3. The molecule has 0 fully saturated rings. The summed E-state index contributed by atoms with van der Waals surface area (Å²) in [5.74, 6) is -0.581. The molecule has 0 heterocycles. The van der Waals surface area contributed by atoms with Crippen LogP contribution in [0.3, 0.4) is 0 Å². The standard InChI is InChI=1S/C14H19F3N2O3S/c1-4-10(2)18-13(20)9-19(23(3,21)22)12-7-5-6-11(8-12)14(15,16)17/h5-8,10H,4,9H2,1-3H3,(H,18,20). The van der Waals surface area contributed by atoms with Gasteiger partial charge in [0.15, 0.2) is 0 Å². The number of alkyl halides is 3. The van der Waals surface area contributed by atoms with Crippen LogP contribution in [-0.4, -0.2) is 33.2 Å². The number of anilines is 1. The highest BCUT2D eigenvalue weighted by Crippen LogP contribution is 2.32. The zero-order chi connectivity index (χ0) is 17.8. The SMILES string of the molecule is CCC(C)NC(=O)CN(c1cccc(C(F)(F)F)c1)S(C)(=O)=O. The van der Waals surface area contributed by atoms with Crippen LogP contribution in [0, 0.1) is 0 Å². The van der Waals surface area contributed by atoms with Crippen LogP contribution in [0.25, 0.3) is 0 Å². The summed E-state index contributed by atoms with van der Waals surface area (Å²) in [5, 5.41) is 2.58. The number of nitrogens with one attached hydrogen (secondary N) is 1. The third kappa shape index (κ3) is 5.74. The molecule has 0 aromatic heterocycles. The van der Waals surface area contributed by atoms with E-state index in [1.807, 2.05) is 6.92 Å². The maximum Gasteiger partial charge on any atom is 0.416 e. The molecule has 130 valence electrons. The minimum Gasteiger partial charge on any atom is -0.352 e. The Kier molecular flexibility index (Phi) is 6.04. The second kappa shape index (κ2) is 7.20. The summed E-state index contributed by atoms with van der Waals surface area (Å²) in [4.78, 5) is 11.9. The van der Waals surface area contributed by atoms with Gasteiger partial charge >= 0.3 is 6.18 Å². The van der Waals surface area contributed by atoms with E-state index in [1.165, 1.54) is 6.07 Å². The molecular weight excluding hydrogens is 333 g/mol. The molecule has 0 radical (unpaired) electrons. The van der Waals surface area contributed by atoms with Gasteiger partial charge < -0.3 is 5.32 Å². The van der Waals surface area contributed by atoms with E-state index in [4.69, 9.17) is 0 Å². The lowest BCUT2D eigenvalue weighted by Gasteiger charge is -2.23. The Morgan fingerprint density at radius 3 is 2.43 bits per heavy atom. The quantitative estimate of drug-likeness (QED) is 0.855. The first-order chi connectivity index (χ1) is 10.4. The fraction of sp³-hybridized carbons (Fsp3) is 0.500. The first-order valence-corrected chi connectivity index (χ1v) is 8.74. The maximum atomic E-state index is 12.8. The first kappa shape index (κ1) is 19.3. The number of amides is 1. The highest BCUT2D eigenvalue weighted by Gasteiger charge is 2.32. The average Bonchev–Trinajstić information content (AvgIpc) is 2.42. The third-order valence-corrected chi connectivity index (χ3v) is 4.31. The van der Waals surface area contributed by atoms with Crippen molar-refractivity contribution in [3.63, 3.8) is 0 Å². The zero-order valence-electron chi connectivity index (χ0n) is 13.0. The highest BCUT2D eigenvalue weighted by molar-refractivity contribution is 7.92. The van der Waals surface area contributed by atoms with E-state index in [1.54, 1.807) is 6.92 Å². The summed E-state index contributed by atoms with van der Waals surface area (Å²) >= 11 is 0. The smallest absolute Gasteiger partial charge is 0.352 e. The topological polar surface area (TPSA) is 66.5 Å². The van der Waals surface area contributed by atoms with Crippen LogP contribution in [0.15, 0.2) is 24.3 Å². The van der Waals surface area contributed by atoms with Crippen molar-refractivity contribution in [3.05, 3.63) is 29.8 Å². The van der Waals surface area contributed by atoms with Gasteiger partial charge in [0, 0.05) is 6.04 Å². The summed E-state index contributed by atoms with van der Waals surface area (Å²) in [5.41, 5.74) is -1.19. The molecule has 9 heteroatoms. The minimum absolute atomic E-state index is 0.162. The van der Waals surface area contributed by atoms with Crippen LogP contribution in [0.4, 0.5) is 18.9 Å². The highest BCUT2D eigenvalue weighted by atomic mass is 32.2. The summed E-state index contributed by atoms with van der Waals surface area (Å²) < 4.78 is 62.6. The van der Waals surface area contributed by atoms with Gasteiger partial charge in [-0.05, 0) is 31.5 Å². The van der Waals surface area contributed by atoms with Crippen molar-refractivity contribution in [2.45, 2.75) is 32.5 Å². The molecule has 1 amide bonds. The van der Waals surface area contributed by atoms with Gasteiger partial charge in [-0.1, -0.05) is 13.0 Å². The van der Waals surface area contributed by atoms with E-state index in [0.717, 1.165) is 18.4 Å². The van der Waals surface area contributed by atoms with Crippen LogP contribution in [0.1, 0.15) is 25.8 Å². The van der Waals surface area contributed by atoms with Crippen LogP contribution in [-0.2, 0) is 21.0 Å². The van der Waals surface area contributed by atoms with Crippen LogP contribution >= 0.6 is 0 Å². The molecule has 0 spiro atoms. The molecule has 1 aromatic rings. The van der Waals surface area contributed by atoms with Crippen molar-refractivity contribution in [2.75, 3.05) is 17.1 Å². The van der Waals surface area contributed by atoms with Crippen molar-refractivity contribution in [1.29, 1.82) is 0 Å². The number of rotatable bonds is 6. The van der Waals surface area contributed by atoms with Crippen molar-refractivity contribution < 1.29 is 26.4 Å². The van der Waals surface area contributed by atoms with E-state index < -0.39 is 34.2 Å². The number of carbonyl (C=O) groups excluding carboxylic acids is 1.